The summed E-state index contributed by atoms with van der Waals surface area (Å²) in [7, 11) is 1.26. The van der Waals surface area contributed by atoms with Gasteiger partial charge in [-0.3, -0.25) is 9.59 Å². The van der Waals surface area contributed by atoms with Crippen molar-refractivity contribution >= 4 is 17.7 Å². The highest BCUT2D eigenvalue weighted by atomic mass is 16.5. The molecule has 184 valence electrons. The minimum atomic E-state index is -0.971. The van der Waals surface area contributed by atoms with Crippen molar-refractivity contribution in [3.05, 3.63) is 46.3 Å². The lowest BCUT2D eigenvalue weighted by Gasteiger charge is -2.38. The first-order valence-electron chi connectivity index (χ1n) is 11.6. The van der Waals surface area contributed by atoms with E-state index in [0.29, 0.717) is 47.6 Å². The van der Waals surface area contributed by atoms with E-state index < -0.39 is 23.8 Å². The normalized spacial score (nSPS) is 23.1. The van der Waals surface area contributed by atoms with Crippen LogP contribution in [0.2, 0.25) is 0 Å². The largest absolute Gasteiger partial charge is 0.504 e. The minimum Gasteiger partial charge on any atom is -0.504 e. The Kier molecular flexibility index (Phi) is 7.69. The van der Waals surface area contributed by atoms with Crippen LogP contribution >= 0.6 is 0 Å². The number of esters is 2. The van der Waals surface area contributed by atoms with Crippen molar-refractivity contribution in [3.8, 4) is 11.5 Å². The molecule has 3 rings (SSSR count). The maximum atomic E-state index is 13.7. The van der Waals surface area contributed by atoms with Crippen molar-refractivity contribution in [2.45, 2.75) is 59.5 Å². The van der Waals surface area contributed by atoms with E-state index in [1.807, 2.05) is 13.8 Å². The molecule has 0 spiro atoms. The van der Waals surface area contributed by atoms with E-state index in [9.17, 15) is 19.5 Å². The van der Waals surface area contributed by atoms with Crippen LogP contribution in [0.4, 0.5) is 0 Å². The fourth-order valence-electron chi connectivity index (χ4n) is 4.60. The molecule has 0 saturated heterocycles. The van der Waals surface area contributed by atoms with Crippen molar-refractivity contribution in [2.75, 3.05) is 13.7 Å². The number of phenols is 1. The van der Waals surface area contributed by atoms with Crippen LogP contribution in [0.5, 0.6) is 11.5 Å². The van der Waals surface area contributed by atoms with Crippen LogP contribution in [-0.2, 0) is 23.9 Å². The molecule has 0 bridgehead atoms. The van der Waals surface area contributed by atoms with Gasteiger partial charge in [0.25, 0.3) is 0 Å². The van der Waals surface area contributed by atoms with Crippen molar-refractivity contribution in [1.29, 1.82) is 0 Å². The third kappa shape index (κ3) is 4.67. The Bertz CT molecular complexity index is 1060. The molecule has 2 N–H and O–H groups in total. The molecule has 8 heteroatoms. The molecular formula is C26H33NO7. The van der Waals surface area contributed by atoms with Crippen LogP contribution in [-0.4, -0.2) is 42.6 Å². The average Bonchev–Trinajstić information content (AvgIpc) is 2.79. The molecule has 1 heterocycles. The molecule has 8 nitrogen and oxygen atoms in total. The maximum absolute atomic E-state index is 13.7. The van der Waals surface area contributed by atoms with Crippen molar-refractivity contribution in [3.63, 3.8) is 0 Å². The van der Waals surface area contributed by atoms with Gasteiger partial charge in [-0.05, 0) is 57.2 Å². The molecule has 0 unspecified atom stereocenters. The van der Waals surface area contributed by atoms with Crippen LogP contribution in [0.1, 0.15) is 58.9 Å². The number of ketones is 1. The Morgan fingerprint density at radius 2 is 1.97 bits per heavy atom. The van der Waals surface area contributed by atoms with Gasteiger partial charge in [0.15, 0.2) is 17.3 Å². The molecule has 0 fully saturated rings. The van der Waals surface area contributed by atoms with Crippen LogP contribution in [0.25, 0.3) is 0 Å². The number of aromatic hydroxyl groups is 1. The monoisotopic (exact) mass is 471 g/mol. The molecule has 0 saturated carbocycles. The number of hydrogen-bond donors (Lipinski definition) is 2. The van der Waals surface area contributed by atoms with Crippen LogP contribution in [0.15, 0.2) is 40.7 Å². The second-order valence-corrected chi connectivity index (χ2v) is 8.82. The van der Waals surface area contributed by atoms with Gasteiger partial charge in [0.05, 0.1) is 25.4 Å². The number of dihydropyridines is 1. The number of ether oxygens (including phenoxy) is 3. The molecule has 1 aliphatic carbocycles. The zero-order valence-corrected chi connectivity index (χ0v) is 20.6. The van der Waals surface area contributed by atoms with Crippen molar-refractivity contribution in [2.24, 2.45) is 11.8 Å². The number of nitrogens with one attached hydrogen (secondary N) is 1. The average molecular weight is 472 g/mol. The number of benzene rings is 1. The topological polar surface area (TPSA) is 111 Å². The van der Waals surface area contributed by atoms with Gasteiger partial charge < -0.3 is 24.6 Å². The Hall–Kier alpha value is -3.29. The third-order valence-electron chi connectivity index (χ3n) is 6.46. The SMILES string of the molecule is CCOc1cc([C@H]2C(C(=O)O[C@H](C)CC)=C(C)NC3=C2C(=O)[C@@H](C(=O)OC)[C@@H](C)C3)ccc1O. The summed E-state index contributed by atoms with van der Waals surface area (Å²) in [4.78, 5) is 39.6. The molecular weight excluding hydrogens is 438 g/mol. The molecule has 2 aliphatic rings. The molecule has 0 radical (unpaired) electrons. The highest BCUT2D eigenvalue weighted by Gasteiger charge is 2.47. The number of Topliss-reactive ketones (excluding diaryl/α,β-unsaturated/α-hetero) is 1. The summed E-state index contributed by atoms with van der Waals surface area (Å²) in [6.07, 6.45) is 0.768. The molecule has 34 heavy (non-hydrogen) atoms. The number of rotatable bonds is 7. The van der Waals surface area contributed by atoms with E-state index in [1.165, 1.54) is 13.2 Å². The summed E-state index contributed by atoms with van der Waals surface area (Å²) in [5, 5.41) is 13.5. The predicted molar refractivity (Wildman–Crippen MR) is 125 cm³/mol. The quantitative estimate of drug-likeness (QED) is 0.457. The predicted octanol–water partition coefficient (Wildman–Crippen LogP) is 3.75. The van der Waals surface area contributed by atoms with Crippen LogP contribution in [0.3, 0.4) is 0 Å². The zero-order chi connectivity index (χ0) is 25.2. The number of methoxy groups -OCH3 is 1. The van der Waals surface area contributed by atoms with Gasteiger partial charge in [0.2, 0.25) is 0 Å². The molecule has 1 aromatic rings. The maximum Gasteiger partial charge on any atom is 0.337 e. The smallest absolute Gasteiger partial charge is 0.337 e. The minimum absolute atomic E-state index is 0.0470. The lowest BCUT2D eigenvalue weighted by molar-refractivity contribution is -0.151. The lowest BCUT2D eigenvalue weighted by atomic mass is 9.69. The standard InChI is InChI=1S/C26H33NO7/c1-7-14(4)34-26(31)21-15(5)27-17-11-13(3)20(25(30)32-6)24(29)23(17)22(21)16-9-10-18(28)19(12-16)33-8-2/h9-10,12-14,20,22,27-28H,7-8,11H2,1-6H3/t13-,14+,20-,22-/m0/s1. The van der Waals surface area contributed by atoms with E-state index in [1.54, 1.807) is 32.9 Å². The first-order valence-corrected chi connectivity index (χ1v) is 11.6. The van der Waals surface area contributed by atoms with Gasteiger partial charge in [-0.2, -0.15) is 0 Å². The highest BCUT2D eigenvalue weighted by Crippen LogP contribution is 2.46. The van der Waals surface area contributed by atoms with Gasteiger partial charge in [0.1, 0.15) is 5.92 Å². The Labute approximate surface area is 200 Å². The second-order valence-electron chi connectivity index (χ2n) is 8.82. The van der Waals surface area contributed by atoms with E-state index in [4.69, 9.17) is 14.2 Å². The number of hydrogen-bond acceptors (Lipinski definition) is 8. The molecule has 1 aliphatic heterocycles. The summed E-state index contributed by atoms with van der Waals surface area (Å²) in [6.45, 7) is 9.45. The molecule has 0 amide bonds. The fourth-order valence-corrected chi connectivity index (χ4v) is 4.60. The Morgan fingerprint density at radius 3 is 2.59 bits per heavy atom. The number of carbonyl (C=O) groups excluding carboxylic acids is 3. The number of carbonyl (C=O) groups is 3. The lowest BCUT2D eigenvalue weighted by Crippen LogP contribution is -2.43. The van der Waals surface area contributed by atoms with Crippen LogP contribution in [0, 0.1) is 11.8 Å². The second kappa shape index (κ2) is 10.3. The molecule has 0 aromatic heterocycles. The molecule has 1 aromatic carbocycles. The van der Waals surface area contributed by atoms with E-state index in [2.05, 4.69) is 5.32 Å². The van der Waals surface area contributed by atoms with Gasteiger partial charge >= 0.3 is 11.9 Å². The summed E-state index contributed by atoms with van der Waals surface area (Å²) >= 11 is 0. The van der Waals surface area contributed by atoms with Gasteiger partial charge in [-0.15, -0.1) is 0 Å². The zero-order valence-electron chi connectivity index (χ0n) is 20.6. The van der Waals surface area contributed by atoms with Crippen LogP contribution < -0.4 is 10.1 Å². The fraction of sp³-hybridized carbons (Fsp3) is 0.500. The first kappa shape index (κ1) is 25.3. The third-order valence-corrected chi connectivity index (χ3v) is 6.46. The number of allylic oxidation sites excluding steroid dienone is 3. The van der Waals surface area contributed by atoms with E-state index >= 15 is 0 Å². The summed E-state index contributed by atoms with van der Waals surface area (Å²) in [5.74, 6) is -3.36. The van der Waals surface area contributed by atoms with E-state index in [-0.39, 0.29) is 29.3 Å². The summed E-state index contributed by atoms with van der Waals surface area (Å²) in [5.41, 5.74) is 2.46. The Balaban J connectivity index is 2.20. The highest BCUT2D eigenvalue weighted by molar-refractivity contribution is 6.12. The van der Waals surface area contributed by atoms with Gasteiger partial charge in [-0.25, -0.2) is 4.79 Å². The van der Waals surface area contributed by atoms with E-state index in [0.717, 1.165) is 0 Å². The summed E-state index contributed by atoms with van der Waals surface area (Å²) < 4.78 is 16.1. The Morgan fingerprint density at radius 1 is 1.26 bits per heavy atom. The van der Waals surface area contributed by atoms with Gasteiger partial charge in [-0.1, -0.05) is 19.9 Å². The van der Waals surface area contributed by atoms with Gasteiger partial charge in [0, 0.05) is 22.9 Å². The number of phenolic OH excluding ortho intramolecular Hbond substituents is 1. The molecule has 4 atom stereocenters. The van der Waals surface area contributed by atoms with Crippen molar-refractivity contribution in [1.82, 2.24) is 5.32 Å². The van der Waals surface area contributed by atoms with Crippen molar-refractivity contribution < 1.29 is 33.7 Å². The summed E-state index contributed by atoms with van der Waals surface area (Å²) in [6, 6.07) is 4.76. The first-order chi connectivity index (χ1) is 16.1.